The number of fused-ring (bicyclic) bond motifs is 3. The van der Waals surface area contributed by atoms with Crippen molar-refractivity contribution < 1.29 is 4.79 Å². The highest BCUT2D eigenvalue weighted by molar-refractivity contribution is 6.07. The summed E-state index contributed by atoms with van der Waals surface area (Å²) in [4.78, 5) is 17.1. The van der Waals surface area contributed by atoms with E-state index in [1.165, 1.54) is 0 Å². The first-order valence-corrected chi connectivity index (χ1v) is 9.46. The number of hydrogen-bond donors (Lipinski definition) is 2. The highest BCUT2D eigenvalue weighted by Crippen LogP contribution is 2.27. The molecule has 0 aliphatic carbocycles. The Balaban J connectivity index is 1.53. The normalized spacial score (nSPS) is 10.9. The predicted octanol–water partition coefficient (Wildman–Crippen LogP) is 3.10. The van der Waals surface area contributed by atoms with Crippen LogP contribution in [0.4, 0.5) is 0 Å². The molecule has 0 fully saturated rings. The molecule has 0 bridgehead atoms. The SMILES string of the molecule is CNCc1ccc(CNC(=O)Cn2c3ccccc3c3cccnc32)cc1C#N. The van der Waals surface area contributed by atoms with Crippen molar-refractivity contribution in [3.63, 3.8) is 0 Å². The van der Waals surface area contributed by atoms with Gasteiger partial charge in [-0.05, 0) is 42.4 Å². The molecule has 0 radical (unpaired) electrons. The Morgan fingerprint density at radius 2 is 1.93 bits per heavy atom. The van der Waals surface area contributed by atoms with E-state index in [-0.39, 0.29) is 12.5 Å². The number of rotatable bonds is 6. The van der Waals surface area contributed by atoms with Crippen molar-refractivity contribution in [2.24, 2.45) is 0 Å². The molecule has 2 heterocycles. The Morgan fingerprint density at radius 1 is 1.10 bits per heavy atom. The van der Waals surface area contributed by atoms with Gasteiger partial charge in [-0.2, -0.15) is 5.26 Å². The highest BCUT2D eigenvalue weighted by atomic mass is 16.1. The van der Waals surface area contributed by atoms with Crippen molar-refractivity contribution in [2.75, 3.05) is 7.05 Å². The molecule has 0 atom stereocenters. The summed E-state index contributed by atoms with van der Waals surface area (Å²) in [6.07, 6.45) is 1.74. The molecule has 6 nitrogen and oxygen atoms in total. The first-order chi connectivity index (χ1) is 14.2. The van der Waals surface area contributed by atoms with Crippen LogP contribution in [-0.4, -0.2) is 22.5 Å². The predicted molar refractivity (Wildman–Crippen MR) is 113 cm³/mol. The Morgan fingerprint density at radius 3 is 2.76 bits per heavy atom. The number of pyridine rings is 1. The number of para-hydroxylation sites is 1. The molecule has 0 aliphatic rings. The van der Waals surface area contributed by atoms with Crippen molar-refractivity contribution in [3.8, 4) is 6.07 Å². The monoisotopic (exact) mass is 383 g/mol. The van der Waals surface area contributed by atoms with Crippen molar-refractivity contribution in [1.29, 1.82) is 5.26 Å². The molecule has 0 spiro atoms. The number of aromatic nitrogens is 2. The van der Waals surface area contributed by atoms with Gasteiger partial charge in [0.1, 0.15) is 12.2 Å². The van der Waals surface area contributed by atoms with Crippen LogP contribution in [0.15, 0.2) is 60.8 Å². The summed E-state index contributed by atoms with van der Waals surface area (Å²) in [6, 6.07) is 19.8. The van der Waals surface area contributed by atoms with Crippen LogP contribution in [0, 0.1) is 11.3 Å². The standard InChI is InChI=1S/C23H21N5O/c1-25-14-17-9-8-16(11-18(17)12-24)13-27-22(29)15-28-21-7-3-2-5-19(21)20-6-4-10-26-23(20)28/h2-11,25H,13-15H2,1H3,(H,27,29). The third-order valence-electron chi connectivity index (χ3n) is 4.98. The molecular weight excluding hydrogens is 362 g/mol. The second-order valence-electron chi connectivity index (χ2n) is 6.89. The fraction of sp³-hybridized carbons (Fsp3) is 0.174. The van der Waals surface area contributed by atoms with E-state index >= 15 is 0 Å². The molecule has 0 saturated heterocycles. The number of nitrogens with zero attached hydrogens (tertiary/aromatic N) is 3. The van der Waals surface area contributed by atoms with Crippen LogP contribution in [-0.2, 0) is 24.4 Å². The van der Waals surface area contributed by atoms with Gasteiger partial charge in [-0.25, -0.2) is 4.98 Å². The molecule has 144 valence electrons. The second-order valence-corrected chi connectivity index (χ2v) is 6.89. The number of amides is 1. The molecule has 29 heavy (non-hydrogen) atoms. The van der Waals surface area contributed by atoms with E-state index in [1.54, 1.807) is 6.20 Å². The summed E-state index contributed by atoms with van der Waals surface area (Å²) < 4.78 is 1.94. The fourth-order valence-corrected chi connectivity index (χ4v) is 3.62. The van der Waals surface area contributed by atoms with Gasteiger partial charge in [0.15, 0.2) is 0 Å². The van der Waals surface area contributed by atoms with Gasteiger partial charge < -0.3 is 15.2 Å². The van der Waals surface area contributed by atoms with Crippen LogP contribution >= 0.6 is 0 Å². The van der Waals surface area contributed by atoms with E-state index in [0.29, 0.717) is 18.7 Å². The van der Waals surface area contributed by atoms with E-state index in [9.17, 15) is 10.1 Å². The number of benzene rings is 2. The average Bonchev–Trinajstić information content (AvgIpc) is 3.07. The lowest BCUT2D eigenvalue weighted by molar-refractivity contribution is -0.121. The third-order valence-corrected chi connectivity index (χ3v) is 4.98. The molecule has 0 unspecified atom stereocenters. The number of carbonyl (C=O) groups excluding carboxylic acids is 1. The van der Waals surface area contributed by atoms with Crippen LogP contribution in [0.2, 0.25) is 0 Å². The maximum Gasteiger partial charge on any atom is 0.240 e. The van der Waals surface area contributed by atoms with Gasteiger partial charge in [-0.15, -0.1) is 0 Å². The van der Waals surface area contributed by atoms with Crippen molar-refractivity contribution >= 4 is 27.8 Å². The number of nitriles is 1. The zero-order valence-electron chi connectivity index (χ0n) is 16.1. The zero-order valence-corrected chi connectivity index (χ0v) is 16.1. The Kier molecular flexibility index (Phi) is 5.23. The smallest absolute Gasteiger partial charge is 0.240 e. The molecule has 4 rings (SSSR count). The van der Waals surface area contributed by atoms with E-state index in [1.807, 2.05) is 66.2 Å². The Bertz CT molecular complexity index is 1180. The summed E-state index contributed by atoms with van der Waals surface area (Å²) in [7, 11) is 1.85. The van der Waals surface area contributed by atoms with Crippen molar-refractivity contribution in [1.82, 2.24) is 20.2 Å². The lowest BCUT2D eigenvalue weighted by Gasteiger charge is -2.10. The molecule has 6 heteroatoms. The molecule has 2 aromatic carbocycles. The van der Waals surface area contributed by atoms with Gasteiger partial charge in [-0.3, -0.25) is 4.79 Å². The van der Waals surface area contributed by atoms with Gasteiger partial charge in [0, 0.05) is 30.1 Å². The topological polar surface area (TPSA) is 82.7 Å². The molecule has 2 aromatic heterocycles. The van der Waals surface area contributed by atoms with Gasteiger partial charge in [-0.1, -0.05) is 30.3 Å². The van der Waals surface area contributed by atoms with Gasteiger partial charge in [0.2, 0.25) is 5.91 Å². The lowest BCUT2D eigenvalue weighted by atomic mass is 10.0. The second kappa shape index (κ2) is 8.13. The summed E-state index contributed by atoms with van der Waals surface area (Å²) in [6.45, 7) is 1.19. The van der Waals surface area contributed by atoms with Gasteiger partial charge in [0.05, 0.1) is 17.1 Å². The number of hydrogen-bond acceptors (Lipinski definition) is 4. The fourth-order valence-electron chi connectivity index (χ4n) is 3.62. The molecule has 4 aromatic rings. The van der Waals surface area contributed by atoms with E-state index in [2.05, 4.69) is 21.7 Å². The molecule has 0 saturated carbocycles. The summed E-state index contributed by atoms with van der Waals surface area (Å²) in [5.41, 5.74) is 4.25. The van der Waals surface area contributed by atoms with E-state index in [0.717, 1.165) is 33.1 Å². The zero-order chi connectivity index (χ0) is 20.2. The highest BCUT2D eigenvalue weighted by Gasteiger charge is 2.13. The summed E-state index contributed by atoms with van der Waals surface area (Å²) in [5, 5.41) is 17.5. The Labute approximate surface area is 168 Å². The minimum atomic E-state index is -0.101. The minimum absolute atomic E-state index is 0.101. The summed E-state index contributed by atoms with van der Waals surface area (Å²) in [5.74, 6) is -0.101. The average molecular weight is 383 g/mol. The van der Waals surface area contributed by atoms with Crippen LogP contribution in [0.1, 0.15) is 16.7 Å². The molecule has 0 aliphatic heterocycles. The first kappa shape index (κ1) is 18.7. The molecule has 2 N–H and O–H groups in total. The molecule has 1 amide bonds. The largest absolute Gasteiger partial charge is 0.350 e. The van der Waals surface area contributed by atoms with Crippen LogP contribution in [0.3, 0.4) is 0 Å². The lowest BCUT2D eigenvalue weighted by Crippen LogP contribution is -2.27. The summed E-state index contributed by atoms with van der Waals surface area (Å²) >= 11 is 0. The van der Waals surface area contributed by atoms with E-state index in [4.69, 9.17) is 0 Å². The quantitative estimate of drug-likeness (QED) is 0.536. The maximum atomic E-state index is 12.7. The maximum absolute atomic E-state index is 12.7. The van der Waals surface area contributed by atoms with Gasteiger partial charge >= 0.3 is 0 Å². The van der Waals surface area contributed by atoms with Crippen LogP contribution in [0.5, 0.6) is 0 Å². The van der Waals surface area contributed by atoms with E-state index < -0.39 is 0 Å². The first-order valence-electron chi connectivity index (χ1n) is 9.46. The van der Waals surface area contributed by atoms with Crippen LogP contribution in [0.25, 0.3) is 21.9 Å². The minimum Gasteiger partial charge on any atom is -0.350 e. The Hall–Kier alpha value is -3.69. The van der Waals surface area contributed by atoms with Gasteiger partial charge in [0.25, 0.3) is 0 Å². The number of nitrogens with one attached hydrogen (secondary N) is 2. The third kappa shape index (κ3) is 3.68. The number of carbonyl (C=O) groups is 1. The van der Waals surface area contributed by atoms with Crippen molar-refractivity contribution in [2.45, 2.75) is 19.6 Å². The molecular formula is C23H21N5O. The van der Waals surface area contributed by atoms with Crippen molar-refractivity contribution in [3.05, 3.63) is 77.5 Å². The van der Waals surface area contributed by atoms with Crippen LogP contribution < -0.4 is 10.6 Å².